The van der Waals surface area contributed by atoms with Crippen LogP contribution in [0, 0.1) is 0 Å². The third-order valence-corrected chi connectivity index (χ3v) is 1.78. The van der Waals surface area contributed by atoms with Gasteiger partial charge in [-0.15, -0.1) is 0 Å². The molecule has 0 atom stereocenters. The van der Waals surface area contributed by atoms with E-state index in [0.717, 1.165) is 5.69 Å². The maximum Gasteiger partial charge on any atom is 0.0647 e. The summed E-state index contributed by atoms with van der Waals surface area (Å²) < 4.78 is 0. The van der Waals surface area contributed by atoms with Crippen LogP contribution in [0.1, 0.15) is 19.5 Å². The topological polar surface area (TPSA) is 33.1 Å². The van der Waals surface area contributed by atoms with Gasteiger partial charge >= 0.3 is 0 Å². The maximum atomic E-state index is 9.50. The van der Waals surface area contributed by atoms with Crippen molar-refractivity contribution in [3.05, 3.63) is 29.0 Å². The first-order chi connectivity index (χ1) is 5.49. The highest BCUT2D eigenvalue weighted by Crippen LogP contribution is 2.17. The van der Waals surface area contributed by atoms with Crippen LogP contribution < -0.4 is 0 Å². The van der Waals surface area contributed by atoms with E-state index in [-0.39, 0.29) is 0 Å². The molecule has 0 radical (unpaired) electrons. The van der Waals surface area contributed by atoms with Crippen LogP contribution in [0.25, 0.3) is 0 Å². The average molecular weight is 186 g/mol. The highest BCUT2D eigenvalue weighted by Gasteiger charge is 2.15. The van der Waals surface area contributed by atoms with E-state index >= 15 is 0 Å². The summed E-state index contributed by atoms with van der Waals surface area (Å²) >= 11 is 5.86. The van der Waals surface area contributed by atoms with E-state index in [1.54, 1.807) is 32.2 Å². The lowest BCUT2D eigenvalue weighted by atomic mass is 10.0. The van der Waals surface area contributed by atoms with Gasteiger partial charge in [-0.25, -0.2) is 0 Å². The molecule has 0 saturated carbocycles. The lowest BCUT2D eigenvalue weighted by Gasteiger charge is -2.16. The molecule has 0 unspecified atom stereocenters. The molecule has 1 heterocycles. The van der Waals surface area contributed by atoms with Gasteiger partial charge in [-0.05, 0) is 26.0 Å². The van der Waals surface area contributed by atoms with Crippen LogP contribution in [-0.2, 0) is 6.42 Å². The second kappa shape index (κ2) is 3.42. The summed E-state index contributed by atoms with van der Waals surface area (Å²) in [5.41, 5.74) is -0.00971. The van der Waals surface area contributed by atoms with E-state index in [1.807, 2.05) is 0 Å². The van der Waals surface area contributed by atoms with E-state index < -0.39 is 5.60 Å². The van der Waals surface area contributed by atoms with Crippen molar-refractivity contribution in [3.63, 3.8) is 0 Å². The Bertz CT molecular complexity index is 267. The van der Waals surface area contributed by atoms with Gasteiger partial charge in [0.05, 0.1) is 16.3 Å². The molecule has 0 spiro atoms. The van der Waals surface area contributed by atoms with E-state index in [0.29, 0.717) is 11.4 Å². The zero-order chi connectivity index (χ0) is 9.19. The minimum absolute atomic E-state index is 0.479. The molecule has 0 aliphatic carbocycles. The largest absolute Gasteiger partial charge is 0.390 e. The standard InChI is InChI=1S/C9H12ClNO/c1-9(2,12)6-8-7(10)4-3-5-11-8/h3-5,12H,6H2,1-2H3. The van der Waals surface area contributed by atoms with Crippen LogP contribution in [0.2, 0.25) is 5.02 Å². The van der Waals surface area contributed by atoms with Gasteiger partial charge < -0.3 is 5.11 Å². The number of hydrogen-bond donors (Lipinski definition) is 1. The maximum absolute atomic E-state index is 9.50. The number of rotatable bonds is 2. The first-order valence-electron chi connectivity index (χ1n) is 3.81. The molecule has 0 bridgehead atoms. The van der Waals surface area contributed by atoms with Gasteiger partial charge in [0.25, 0.3) is 0 Å². The van der Waals surface area contributed by atoms with Crippen molar-refractivity contribution in [3.8, 4) is 0 Å². The van der Waals surface area contributed by atoms with Crippen LogP contribution in [-0.4, -0.2) is 15.7 Å². The molecule has 0 fully saturated rings. The van der Waals surface area contributed by atoms with Crippen molar-refractivity contribution in [2.45, 2.75) is 25.9 Å². The van der Waals surface area contributed by atoms with Crippen molar-refractivity contribution in [1.82, 2.24) is 4.98 Å². The number of aliphatic hydroxyl groups is 1. The van der Waals surface area contributed by atoms with Gasteiger partial charge in [-0.2, -0.15) is 0 Å². The first kappa shape index (κ1) is 9.49. The number of aromatic nitrogens is 1. The van der Waals surface area contributed by atoms with Crippen LogP contribution >= 0.6 is 11.6 Å². The lowest BCUT2D eigenvalue weighted by molar-refractivity contribution is 0.0800. The zero-order valence-electron chi connectivity index (χ0n) is 7.21. The normalized spacial score (nSPS) is 11.7. The van der Waals surface area contributed by atoms with Gasteiger partial charge in [-0.3, -0.25) is 4.98 Å². The molecule has 1 rings (SSSR count). The van der Waals surface area contributed by atoms with Crippen molar-refractivity contribution in [2.24, 2.45) is 0 Å². The van der Waals surface area contributed by atoms with Gasteiger partial charge in [-0.1, -0.05) is 11.6 Å². The molecular weight excluding hydrogens is 174 g/mol. The molecule has 0 aliphatic rings. The average Bonchev–Trinajstić information content (AvgIpc) is 1.91. The zero-order valence-corrected chi connectivity index (χ0v) is 7.97. The minimum atomic E-state index is -0.752. The molecule has 3 heteroatoms. The number of hydrogen-bond acceptors (Lipinski definition) is 2. The van der Waals surface area contributed by atoms with Crippen LogP contribution in [0.4, 0.5) is 0 Å². The Hall–Kier alpha value is -0.600. The molecule has 1 aromatic rings. The second-order valence-corrected chi connectivity index (χ2v) is 3.83. The summed E-state index contributed by atoms with van der Waals surface area (Å²) in [6.07, 6.45) is 2.15. The van der Waals surface area contributed by atoms with Crippen LogP contribution in [0.3, 0.4) is 0 Å². The molecule has 1 N–H and O–H groups in total. The fourth-order valence-corrected chi connectivity index (χ4v) is 1.15. The summed E-state index contributed by atoms with van der Waals surface area (Å²) in [4.78, 5) is 4.07. The molecule has 0 amide bonds. The van der Waals surface area contributed by atoms with Crippen LogP contribution in [0.5, 0.6) is 0 Å². The van der Waals surface area contributed by atoms with Crippen molar-refractivity contribution in [2.75, 3.05) is 0 Å². The number of halogens is 1. The smallest absolute Gasteiger partial charge is 0.0647 e. The highest BCUT2D eigenvalue weighted by molar-refractivity contribution is 6.31. The fraction of sp³-hybridized carbons (Fsp3) is 0.444. The SMILES string of the molecule is CC(C)(O)Cc1ncccc1Cl. The highest BCUT2D eigenvalue weighted by atomic mass is 35.5. The summed E-state index contributed by atoms with van der Waals surface area (Å²) in [7, 11) is 0. The Labute approximate surface area is 77.2 Å². The molecule has 1 aromatic heterocycles. The number of pyridine rings is 1. The van der Waals surface area contributed by atoms with Crippen molar-refractivity contribution in [1.29, 1.82) is 0 Å². The summed E-state index contributed by atoms with van der Waals surface area (Å²) in [5, 5.41) is 10.1. The minimum Gasteiger partial charge on any atom is -0.390 e. The van der Waals surface area contributed by atoms with E-state index in [4.69, 9.17) is 11.6 Å². The van der Waals surface area contributed by atoms with Gasteiger partial charge in [0, 0.05) is 12.6 Å². The van der Waals surface area contributed by atoms with Crippen molar-refractivity contribution < 1.29 is 5.11 Å². The molecule has 12 heavy (non-hydrogen) atoms. The quantitative estimate of drug-likeness (QED) is 0.765. The van der Waals surface area contributed by atoms with Gasteiger partial charge in [0.1, 0.15) is 0 Å². The van der Waals surface area contributed by atoms with E-state index in [1.165, 1.54) is 0 Å². The Morgan fingerprint density at radius 1 is 1.58 bits per heavy atom. The fourth-order valence-electron chi connectivity index (χ4n) is 0.958. The van der Waals surface area contributed by atoms with E-state index in [2.05, 4.69) is 4.98 Å². The molecule has 0 aromatic carbocycles. The third-order valence-electron chi connectivity index (χ3n) is 1.43. The third kappa shape index (κ3) is 2.80. The Balaban J connectivity index is 2.83. The van der Waals surface area contributed by atoms with Crippen LogP contribution in [0.15, 0.2) is 18.3 Å². The number of nitrogens with zero attached hydrogens (tertiary/aromatic N) is 1. The van der Waals surface area contributed by atoms with E-state index in [9.17, 15) is 5.11 Å². The predicted molar refractivity (Wildman–Crippen MR) is 49.2 cm³/mol. The Morgan fingerprint density at radius 3 is 2.75 bits per heavy atom. The monoisotopic (exact) mass is 185 g/mol. The lowest BCUT2D eigenvalue weighted by Crippen LogP contribution is -2.22. The van der Waals surface area contributed by atoms with Gasteiger partial charge in [0.2, 0.25) is 0 Å². The Kier molecular flexibility index (Phi) is 2.70. The second-order valence-electron chi connectivity index (χ2n) is 3.42. The van der Waals surface area contributed by atoms with Crippen molar-refractivity contribution >= 4 is 11.6 Å². The molecule has 2 nitrogen and oxygen atoms in total. The predicted octanol–water partition coefficient (Wildman–Crippen LogP) is 2.05. The summed E-state index contributed by atoms with van der Waals surface area (Å²) in [5.74, 6) is 0. The summed E-state index contributed by atoms with van der Waals surface area (Å²) in [6.45, 7) is 3.47. The Morgan fingerprint density at radius 2 is 2.25 bits per heavy atom. The van der Waals surface area contributed by atoms with Gasteiger partial charge in [0.15, 0.2) is 0 Å². The summed E-state index contributed by atoms with van der Waals surface area (Å²) in [6, 6.07) is 3.55. The molecule has 0 saturated heterocycles. The molecular formula is C9H12ClNO. The molecule has 0 aliphatic heterocycles. The first-order valence-corrected chi connectivity index (χ1v) is 4.18. The molecule has 66 valence electrons.